The topological polar surface area (TPSA) is 61.8 Å². The zero-order valence-corrected chi connectivity index (χ0v) is 17.8. The van der Waals surface area contributed by atoms with E-state index < -0.39 is 0 Å². The van der Waals surface area contributed by atoms with Gasteiger partial charge in [-0.05, 0) is 37.5 Å². The van der Waals surface area contributed by atoms with Crippen molar-refractivity contribution in [2.45, 2.75) is 39.2 Å². The van der Waals surface area contributed by atoms with Crippen molar-refractivity contribution in [2.24, 2.45) is 4.99 Å². The van der Waals surface area contributed by atoms with Gasteiger partial charge in [-0.15, -0.1) is 24.0 Å². The summed E-state index contributed by atoms with van der Waals surface area (Å²) in [4.78, 5) is 11.6. The molecule has 1 aromatic rings. The molecule has 0 unspecified atom stereocenters. The van der Waals surface area contributed by atoms with Crippen LogP contribution in [0.25, 0.3) is 0 Å². The number of hydrogen-bond acceptors (Lipinski definition) is 4. The van der Waals surface area contributed by atoms with Crippen molar-refractivity contribution in [2.75, 3.05) is 44.8 Å². The van der Waals surface area contributed by atoms with Gasteiger partial charge in [0.05, 0.1) is 13.2 Å². The van der Waals surface area contributed by atoms with E-state index in [-0.39, 0.29) is 24.0 Å². The van der Waals surface area contributed by atoms with Gasteiger partial charge in [-0.1, -0.05) is 12.8 Å². The van der Waals surface area contributed by atoms with Crippen molar-refractivity contribution in [3.05, 3.63) is 23.9 Å². The van der Waals surface area contributed by atoms with E-state index in [2.05, 4.69) is 38.5 Å². The molecule has 25 heavy (non-hydrogen) atoms. The molecule has 2 N–H and O–H groups in total. The molecule has 2 rings (SSSR count). The molecule has 142 valence electrons. The van der Waals surface area contributed by atoms with Gasteiger partial charge < -0.3 is 20.3 Å². The summed E-state index contributed by atoms with van der Waals surface area (Å²) in [7, 11) is 1.70. The molecule has 1 aliphatic heterocycles. The number of ether oxygens (including phenoxy) is 1. The highest BCUT2D eigenvalue weighted by Crippen LogP contribution is 2.18. The Morgan fingerprint density at radius 3 is 2.68 bits per heavy atom. The highest BCUT2D eigenvalue weighted by atomic mass is 127. The summed E-state index contributed by atoms with van der Waals surface area (Å²) in [6, 6.07) is 4.22. The number of pyridine rings is 1. The van der Waals surface area contributed by atoms with Gasteiger partial charge >= 0.3 is 0 Å². The number of aliphatic imine (C=N–C) groups is 1. The minimum Gasteiger partial charge on any atom is -0.383 e. The molecule has 0 aromatic carbocycles. The monoisotopic (exact) mass is 461 g/mol. The van der Waals surface area contributed by atoms with Crippen LogP contribution in [0.15, 0.2) is 23.3 Å². The summed E-state index contributed by atoms with van der Waals surface area (Å²) in [6.45, 7) is 7.19. The van der Waals surface area contributed by atoms with Crippen molar-refractivity contribution in [3.8, 4) is 0 Å². The molecule has 0 bridgehead atoms. The van der Waals surface area contributed by atoms with E-state index >= 15 is 0 Å². The Kier molecular flexibility index (Phi) is 11.6. The molecule has 1 fully saturated rings. The summed E-state index contributed by atoms with van der Waals surface area (Å²) >= 11 is 0. The second-order valence-corrected chi connectivity index (χ2v) is 6.04. The first-order valence-electron chi connectivity index (χ1n) is 9.04. The van der Waals surface area contributed by atoms with Crippen molar-refractivity contribution < 1.29 is 4.74 Å². The first-order chi connectivity index (χ1) is 11.8. The van der Waals surface area contributed by atoms with Crippen LogP contribution in [0.1, 0.15) is 38.2 Å². The van der Waals surface area contributed by atoms with Gasteiger partial charge in [0.25, 0.3) is 0 Å². The second-order valence-electron chi connectivity index (χ2n) is 6.04. The van der Waals surface area contributed by atoms with E-state index in [0.29, 0.717) is 13.2 Å². The molecular formula is C18H32IN5O. The van der Waals surface area contributed by atoms with Gasteiger partial charge in [-0.2, -0.15) is 0 Å². The zero-order valence-electron chi connectivity index (χ0n) is 15.5. The first-order valence-corrected chi connectivity index (χ1v) is 9.04. The third-order valence-electron chi connectivity index (χ3n) is 4.10. The van der Waals surface area contributed by atoms with Gasteiger partial charge in [-0.3, -0.25) is 0 Å². The van der Waals surface area contributed by atoms with E-state index in [1.165, 1.54) is 31.2 Å². The molecule has 0 aliphatic carbocycles. The summed E-state index contributed by atoms with van der Waals surface area (Å²) in [6.07, 6.45) is 7.09. The van der Waals surface area contributed by atoms with Crippen LogP contribution < -0.4 is 15.5 Å². The molecule has 1 aromatic heterocycles. The minimum absolute atomic E-state index is 0. The summed E-state index contributed by atoms with van der Waals surface area (Å²) in [5, 5.41) is 6.52. The standard InChI is InChI=1S/C18H31N5O.HI/c1-3-19-18(21-10-13-24-2)22-15-16-8-9-20-17(14-16)23-11-6-4-5-7-12-23;/h8-9,14H,3-7,10-13,15H2,1-2H3,(H2,19,21,22);1H. The Bertz CT molecular complexity index is 504. The Hall–Kier alpha value is -1.09. The van der Waals surface area contributed by atoms with Crippen LogP contribution in [-0.2, 0) is 11.3 Å². The fourth-order valence-electron chi connectivity index (χ4n) is 2.82. The van der Waals surface area contributed by atoms with E-state index in [9.17, 15) is 0 Å². The Morgan fingerprint density at radius 1 is 1.24 bits per heavy atom. The van der Waals surface area contributed by atoms with Crippen molar-refractivity contribution in [1.29, 1.82) is 0 Å². The summed E-state index contributed by atoms with van der Waals surface area (Å²) in [5.41, 5.74) is 1.19. The molecule has 1 aliphatic rings. The second kappa shape index (κ2) is 13.2. The highest BCUT2D eigenvalue weighted by Gasteiger charge is 2.11. The number of guanidine groups is 1. The lowest BCUT2D eigenvalue weighted by Crippen LogP contribution is -2.38. The van der Waals surface area contributed by atoms with Crippen LogP contribution in [0.3, 0.4) is 0 Å². The van der Waals surface area contributed by atoms with Gasteiger partial charge in [0.15, 0.2) is 5.96 Å². The van der Waals surface area contributed by atoms with Gasteiger partial charge in [-0.25, -0.2) is 9.98 Å². The average Bonchev–Trinajstić information content (AvgIpc) is 2.89. The Morgan fingerprint density at radius 2 is 2.00 bits per heavy atom. The highest BCUT2D eigenvalue weighted by molar-refractivity contribution is 14.0. The fraction of sp³-hybridized carbons (Fsp3) is 0.667. The van der Waals surface area contributed by atoms with Crippen LogP contribution in [0.2, 0.25) is 0 Å². The zero-order chi connectivity index (χ0) is 17.0. The molecule has 6 nitrogen and oxygen atoms in total. The number of anilines is 1. The van der Waals surface area contributed by atoms with Crippen LogP contribution in [-0.4, -0.2) is 50.8 Å². The van der Waals surface area contributed by atoms with Gasteiger partial charge in [0, 0.05) is 39.5 Å². The quantitative estimate of drug-likeness (QED) is 0.283. The number of nitrogens with zero attached hydrogens (tertiary/aromatic N) is 3. The molecule has 7 heteroatoms. The largest absolute Gasteiger partial charge is 0.383 e. The SMILES string of the molecule is CCNC(=NCc1ccnc(N2CCCCCC2)c1)NCCOC.I. The molecule has 0 amide bonds. The molecule has 0 spiro atoms. The number of hydrogen-bond donors (Lipinski definition) is 2. The van der Waals surface area contributed by atoms with E-state index in [1.54, 1.807) is 7.11 Å². The minimum atomic E-state index is 0. The smallest absolute Gasteiger partial charge is 0.191 e. The summed E-state index contributed by atoms with van der Waals surface area (Å²) in [5.74, 6) is 1.91. The van der Waals surface area contributed by atoms with Crippen LogP contribution >= 0.6 is 24.0 Å². The number of nitrogens with one attached hydrogen (secondary N) is 2. The van der Waals surface area contributed by atoms with E-state index in [4.69, 9.17) is 4.74 Å². The van der Waals surface area contributed by atoms with Crippen LogP contribution in [0.4, 0.5) is 5.82 Å². The molecule has 0 saturated carbocycles. The van der Waals surface area contributed by atoms with Crippen LogP contribution in [0.5, 0.6) is 0 Å². The van der Waals surface area contributed by atoms with Crippen LogP contribution in [0, 0.1) is 0 Å². The van der Waals surface area contributed by atoms with Gasteiger partial charge in [0.1, 0.15) is 5.82 Å². The average molecular weight is 461 g/mol. The van der Waals surface area contributed by atoms with Crippen molar-refractivity contribution in [1.82, 2.24) is 15.6 Å². The first kappa shape index (κ1) is 22.0. The third-order valence-corrected chi connectivity index (χ3v) is 4.10. The third kappa shape index (κ3) is 8.22. The predicted molar refractivity (Wildman–Crippen MR) is 115 cm³/mol. The molecule has 1 saturated heterocycles. The lowest BCUT2D eigenvalue weighted by molar-refractivity contribution is 0.203. The normalized spacial score (nSPS) is 15.3. The fourth-order valence-corrected chi connectivity index (χ4v) is 2.82. The van der Waals surface area contributed by atoms with Crippen molar-refractivity contribution >= 4 is 35.8 Å². The van der Waals surface area contributed by atoms with E-state index in [1.807, 2.05) is 12.3 Å². The maximum Gasteiger partial charge on any atom is 0.191 e. The predicted octanol–water partition coefficient (Wildman–Crippen LogP) is 2.78. The number of rotatable bonds is 7. The number of aromatic nitrogens is 1. The lowest BCUT2D eigenvalue weighted by Gasteiger charge is -2.21. The maximum atomic E-state index is 5.07. The Labute approximate surface area is 168 Å². The maximum absolute atomic E-state index is 5.07. The lowest BCUT2D eigenvalue weighted by atomic mass is 10.2. The number of halogens is 1. The molecule has 2 heterocycles. The Balaban J connectivity index is 0.00000312. The molecular weight excluding hydrogens is 429 g/mol. The van der Waals surface area contributed by atoms with Gasteiger partial charge in [0.2, 0.25) is 0 Å². The molecule has 0 radical (unpaired) electrons. The summed E-state index contributed by atoms with van der Waals surface area (Å²) < 4.78 is 5.07. The van der Waals surface area contributed by atoms with Crippen molar-refractivity contribution in [3.63, 3.8) is 0 Å². The number of methoxy groups -OCH3 is 1. The van der Waals surface area contributed by atoms with E-state index in [0.717, 1.165) is 38.0 Å². The molecule has 0 atom stereocenters.